The molecule has 0 amide bonds. The van der Waals surface area contributed by atoms with Gasteiger partial charge in [-0.05, 0) is 158 Å². The first-order valence-corrected chi connectivity index (χ1v) is 18.5. The van der Waals surface area contributed by atoms with Crippen molar-refractivity contribution in [1.82, 2.24) is 0 Å². The minimum absolute atomic E-state index is 0.758. The molecular formula is C60H24. The summed E-state index contributed by atoms with van der Waals surface area (Å²) in [5.41, 5.74) is 0. The summed E-state index contributed by atoms with van der Waals surface area (Å²) in [6, 6.07) is 119. The first-order chi connectivity index (χ1) is 29.8. The molecule has 0 heteroatoms. The molecule has 0 aliphatic heterocycles. The SMILES string of the molecule is c1c#cc2ccccc2c#cc#cc2ccccc2c#cc#cc2cccc(c#cc#cc3ccccc3c#cc#cc3ccccc3c#cc#cc3cccc(c#1)c3)c2. The molecule has 0 nitrogen and oxygen atoms in total. The molecule has 0 heterocycles. The van der Waals surface area contributed by atoms with Crippen LogP contribution in [0, 0.1) is 146 Å². The van der Waals surface area contributed by atoms with Gasteiger partial charge in [-0.15, -0.1) is 0 Å². The molecule has 0 atom stereocenters. The van der Waals surface area contributed by atoms with Crippen LogP contribution in [0.5, 0.6) is 0 Å². The maximum Gasteiger partial charge on any atom is 0.0412 e. The van der Waals surface area contributed by atoms with Crippen molar-refractivity contribution in [1.29, 1.82) is 0 Å². The van der Waals surface area contributed by atoms with Crippen molar-refractivity contribution in [2.24, 2.45) is 0 Å². The third-order valence-corrected chi connectivity index (χ3v) is 8.21. The highest BCUT2D eigenvalue weighted by molar-refractivity contribution is 5.80. The maximum atomic E-state index is 3.13. The standard InChI is InChI=1S/C60H24/c1-5-31-53-35-9-13-39-57(53)43-17-18-44-58-40-14-11-37-55(58)33-7-3-25-51-29-22-30-52(48-51)26-4-8-34-56-38-12-16-42-60(56)46-20-19-45-59-41-15-10-36-54(59)32-6-2-24-50-28-21-27-49(23-1)47-50/h9-16,21-22,27-30,35-42,47-48H. The van der Waals surface area contributed by atoms with Gasteiger partial charge in [0.25, 0.3) is 0 Å². The van der Waals surface area contributed by atoms with Gasteiger partial charge in [-0.25, -0.2) is 0 Å². The molecule has 0 fully saturated rings. The zero-order valence-electron chi connectivity index (χ0n) is 31.9. The molecule has 0 saturated carbocycles. The van der Waals surface area contributed by atoms with Crippen LogP contribution in [0.4, 0.5) is 0 Å². The summed E-state index contributed by atoms with van der Waals surface area (Å²) in [7, 11) is 0. The fourth-order valence-electron chi connectivity index (χ4n) is 5.36. The summed E-state index contributed by atoms with van der Waals surface area (Å²) in [5, 5.41) is 9.23. The Bertz CT molecular complexity index is 2700. The lowest BCUT2D eigenvalue weighted by molar-refractivity contribution is 1.80. The second-order valence-electron chi connectivity index (χ2n) is 12.3. The second-order valence-corrected chi connectivity index (χ2v) is 12.3. The summed E-state index contributed by atoms with van der Waals surface area (Å²) in [6.45, 7) is 0. The lowest BCUT2D eigenvalue weighted by Gasteiger charge is -1.83. The normalized spacial score (nSPS) is 8.40. The Hall–Kier alpha value is -9.96. The quantitative estimate of drug-likeness (QED) is 0.145. The monoisotopic (exact) mass is 744 g/mol. The molecule has 60 heavy (non-hydrogen) atoms. The number of benzene rings is 6. The van der Waals surface area contributed by atoms with E-state index in [0.717, 1.165) is 64.6 Å². The highest BCUT2D eigenvalue weighted by Gasteiger charge is 1.87. The molecule has 0 radical (unpaired) electrons. The summed E-state index contributed by atoms with van der Waals surface area (Å²) in [5.74, 6) is 0. The molecule has 0 unspecified atom stereocenters. The number of hydrogen-bond donors (Lipinski definition) is 0. The Morgan fingerprint density at radius 2 is 0.333 bits per heavy atom. The largest absolute Gasteiger partial charge is 0.0609 e. The van der Waals surface area contributed by atoms with E-state index >= 15 is 0 Å². The van der Waals surface area contributed by atoms with E-state index in [0.29, 0.717) is 0 Å². The highest BCUT2D eigenvalue weighted by Crippen LogP contribution is 2.08. The fraction of sp³-hybridized carbons (Fsp3) is 0. The van der Waals surface area contributed by atoms with Crippen LogP contribution >= 0.6 is 0 Å². The summed E-state index contributed by atoms with van der Waals surface area (Å²) >= 11 is 0. The molecule has 0 spiro atoms. The van der Waals surface area contributed by atoms with E-state index in [4.69, 9.17) is 0 Å². The van der Waals surface area contributed by atoms with Crippen LogP contribution < -0.4 is 0 Å². The molecule has 7 rings (SSSR count). The van der Waals surface area contributed by atoms with Crippen LogP contribution in [-0.4, -0.2) is 0 Å². The smallest absolute Gasteiger partial charge is 0.0412 e. The van der Waals surface area contributed by atoms with Crippen LogP contribution in [-0.2, 0) is 0 Å². The van der Waals surface area contributed by atoms with Crippen molar-refractivity contribution in [3.05, 3.63) is 291 Å². The molecule has 0 aliphatic carbocycles. The van der Waals surface area contributed by atoms with E-state index in [2.05, 4.69) is 146 Å². The van der Waals surface area contributed by atoms with Crippen LogP contribution in [0.1, 0.15) is 0 Å². The fourth-order valence-corrected chi connectivity index (χ4v) is 5.36. The topological polar surface area (TPSA) is 0 Å². The van der Waals surface area contributed by atoms with Crippen molar-refractivity contribution in [3.63, 3.8) is 0 Å². The van der Waals surface area contributed by atoms with Crippen molar-refractivity contribution < 1.29 is 0 Å². The number of hydrogen-bond acceptors (Lipinski definition) is 0. The van der Waals surface area contributed by atoms with Gasteiger partial charge in [0.15, 0.2) is 0 Å². The summed E-state index contributed by atoms with van der Waals surface area (Å²) < 4.78 is 0. The average molecular weight is 745 g/mol. The maximum absolute atomic E-state index is 3.13. The van der Waals surface area contributed by atoms with Crippen molar-refractivity contribution in [3.8, 4) is 0 Å². The Kier molecular flexibility index (Phi) is 13.2. The molecule has 0 aliphatic rings. The third-order valence-electron chi connectivity index (χ3n) is 8.21. The molecule has 264 valence electrons. The average Bonchev–Trinajstić information content (AvgIpc) is 3.29. The lowest BCUT2D eigenvalue weighted by atomic mass is 10.2. The van der Waals surface area contributed by atoms with Gasteiger partial charge in [-0.1, -0.05) is 133 Å². The van der Waals surface area contributed by atoms with E-state index in [1.807, 2.05) is 146 Å². The zero-order valence-corrected chi connectivity index (χ0v) is 31.9. The zero-order chi connectivity index (χ0) is 40.9. The van der Waals surface area contributed by atoms with Gasteiger partial charge in [0.2, 0.25) is 0 Å². The van der Waals surface area contributed by atoms with Gasteiger partial charge in [-0.3, -0.25) is 0 Å². The molecule has 7 aromatic rings. The molecule has 0 saturated heterocycles. The third kappa shape index (κ3) is 11.5. The van der Waals surface area contributed by atoms with E-state index < -0.39 is 0 Å². The summed E-state index contributed by atoms with van der Waals surface area (Å²) in [6.07, 6.45) is 0. The van der Waals surface area contributed by atoms with Gasteiger partial charge in [0.05, 0.1) is 0 Å². The molecule has 4 bridgehead atoms. The second kappa shape index (κ2) is 20.6. The van der Waals surface area contributed by atoms with Crippen LogP contribution in [0.3, 0.4) is 0 Å². The van der Waals surface area contributed by atoms with Gasteiger partial charge >= 0.3 is 0 Å². The van der Waals surface area contributed by atoms with Gasteiger partial charge in [0.1, 0.15) is 0 Å². The van der Waals surface area contributed by atoms with E-state index in [9.17, 15) is 0 Å². The van der Waals surface area contributed by atoms with E-state index in [1.165, 1.54) is 0 Å². The van der Waals surface area contributed by atoms with Crippen molar-refractivity contribution in [2.75, 3.05) is 0 Å². The Balaban J connectivity index is 1.31. The Morgan fingerprint density at radius 1 is 0.167 bits per heavy atom. The predicted octanol–water partition coefficient (Wildman–Crippen LogP) is 12.2. The van der Waals surface area contributed by atoms with Gasteiger partial charge in [-0.2, -0.15) is 0 Å². The highest BCUT2D eigenvalue weighted by atomic mass is 13.9. The number of rotatable bonds is 0. The lowest BCUT2D eigenvalue weighted by Crippen LogP contribution is -1.62. The van der Waals surface area contributed by atoms with E-state index in [1.54, 1.807) is 0 Å². The molecule has 0 N–H and O–H groups in total. The van der Waals surface area contributed by atoms with Gasteiger partial charge in [0, 0.05) is 64.6 Å². The Morgan fingerprint density at radius 3 is 0.517 bits per heavy atom. The summed E-state index contributed by atoms with van der Waals surface area (Å²) in [4.78, 5) is 0. The van der Waals surface area contributed by atoms with Crippen LogP contribution in [0.2, 0.25) is 0 Å². The Labute approximate surface area is 354 Å². The van der Waals surface area contributed by atoms with Gasteiger partial charge < -0.3 is 0 Å². The minimum Gasteiger partial charge on any atom is -0.0609 e. The van der Waals surface area contributed by atoms with Crippen LogP contribution in [0.15, 0.2) is 146 Å². The van der Waals surface area contributed by atoms with Crippen molar-refractivity contribution >= 4 is 64.6 Å². The molecular weight excluding hydrogens is 721 g/mol. The first kappa shape index (κ1) is 38.3. The number of fused-ring (bicyclic) bond motifs is 8. The predicted molar refractivity (Wildman–Crippen MR) is 236 cm³/mol. The molecule has 0 aromatic heterocycles. The van der Waals surface area contributed by atoms with E-state index in [-0.39, 0.29) is 0 Å². The van der Waals surface area contributed by atoms with Crippen LogP contribution in [0.25, 0.3) is 64.6 Å². The van der Waals surface area contributed by atoms with Crippen molar-refractivity contribution in [2.45, 2.75) is 0 Å². The minimum atomic E-state index is 0.758. The molecule has 7 aromatic carbocycles. The first-order valence-electron chi connectivity index (χ1n) is 18.5.